The molecule has 0 amide bonds. The monoisotopic (exact) mass is 1030 g/mol. The number of nitrogens with zero attached hydrogens (tertiary/aromatic N) is 2. The van der Waals surface area contributed by atoms with Gasteiger partial charge in [-0.25, -0.2) is 0 Å². The molecule has 6 rings (SSSR count). The molecule has 6 aromatic rings. The van der Waals surface area contributed by atoms with Gasteiger partial charge in [0, 0.05) is 40.0 Å². The lowest BCUT2D eigenvalue weighted by molar-refractivity contribution is -0.384. The second kappa shape index (κ2) is 40.8. The average Bonchev–Trinajstić information content (AvgIpc) is 3.37. The molecule has 0 radical (unpaired) electrons. The number of hydrogen-bond acceptors (Lipinski definition) is 4. The number of nitro benzene ring substituents is 1. The van der Waals surface area contributed by atoms with E-state index in [4.69, 9.17) is 21.6 Å². The molecule has 0 saturated heterocycles. The summed E-state index contributed by atoms with van der Waals surface area (Å²) in [5.74, 6) is 17.2. The van der Waals surface area contributed by atoms with Gasteiger partial charge < -0.3 is 4.74 Å². The van der Waals surface area contributed by atoms with Crippen LogP contribution >= 0.6 is 11.6 Å². The Balaban J connectivity index is -0.000000805. The summed E-state index contributed by atoms with van der Waals surface area (Å²) in [4.78, 5) is 9.90. The Bertz CT molecular complexity index is 2520. The van der Waals surface area contributed by atoms with E-state index in [1.807, 2.05) is 84.9 Å². The quantitative estimate of drug-likeness (QED) is 0.0907. The van der Waals surface area contributed by atoms with Crippen LogP contribution in [0.25, 0.3) is 0 Å². The van der Waals surface area contributed by atoms with E-state index in [1.54, 1.807) is 19.2 Å². The van der Waals surface area contributed by atoms with Crippen LogP contribution in [0.2, 0.25) is 5.02 Å². The Hall–Kier alpha value is -6.58. The van der Waals surface area contributed by atoms with Crippen molar-refractivity contribution in [3.8, 4) is 35.5 Å². The minimum Gasteiger partial charge on any atom is -0.497 e. The third kappa shape index (κ3) is 36.9. The molecule has 0 aliphatic carbocycles. The highest BCUT2D eigenvalue weighted by Gasteiger charge is 2.06. The predicted octanol–water partition coefficient (Wildman–Crippen LogP) is 21.2. The zero-order valence-corrected chi connectivity index (χ0v) is 48.3. The molecule has 0 N–H and O–H groups in total. The summed E-state index contributed by atoms with van der Waals surface area (Å²) in [7, 11) is 1.68. The van der Waals surface area contributed by atoms with Crippen LogP contribution < -0.4 is 4.74 Å². The fourth-order valence-electron chi connectivity index (χ4n) is 5.71. The Morgan fingerprint density at radius 3 is 1.11 bits per heavy atom. The van der Waals surface area contributed by atoms with Crippen LogP contribution in [0.1, 0.15) is 201 Å². The topological polar surface area (TPSA) is 76.2 Å². The highest BCUT2D eigenvalue weighted by atomic mass is 35.5. The summed E-state index contributed by atoms with van der Waals surface area (Å²) in [6.45, 7) is 36.3. The van der Waals surface area contributed by atoms with Gasteiger partial charge in [0.05, 0.1) is 23.7 Å². The van der Waals surface area contributed by atoms with Crippen LogP contribution in [0, 0.1) is 62.4 Å². The molecule has 0 aliphatic rings. The van der Waals surface area contributed by atoms with Crippen molar-refractivity contribution in [1.82, 2.24) is 0 Å². The molecule has 0 atom stereocenters. The lowest BCUT2D eigenvalue weighted by Gasteiger charge is -2.07. The second-order valence-electron chi connectivity index (χ2n) is 20.6. The normalized spacial score (nSPS) is 9.77. The van der Waals surface area contributed by atoms with Gasteiger partial charge in [0.2, 0.25) is 0 Å². The SMILES string of the molecule is C.C.CC(C)C#CC(C)(C)C.CC(C)C#Cc1ccccc1.CC(C)c1ccc(C#N)cc1.CC(C)c1ccc(Cl)cc1.CC(C)c1ccc([N+](=O)[O-])cc1.CC(C)c1ccccc1.COc1ccc(C(C)C)cc1. The Kier molecular flexibility index (Phi) is 39.5. The number of benzene rings is 6. The summed E-state index contributed by atoms with van der Waals surface area (Å²) < 4.78 is 5.05. The van der Waals surface area contributed by atoms with Crippen LogP contribution in [0.3, 0.4) is 0 Å². The number of halogens is 1. The standard InChI is InChI=1S/C11H12.C10H11N.C10H14O.C9H11Cl.C9H11NO2.C9H12.C9H16.2CH4/c1-10(2)8-9-11-6-4-3-5-7-11;1-8(2)10-5-3-9(7-11)4-6-10;1-8(2)9-4-6-10(11-3)7-5-9;1-7(2)8-3-5-9(10)6-4-8;1-7(2)8-3-5-9(6-4-8)10(11)12;1-8(2)9-6-4-3-5-7-9;1-8(2)6-7-9(3,4)5;;/h3-7,10H,1-2H3;3-6,8H,1-2H3;4-8H,1-3H3;3-7H,1-2H3;3-7H,1-2H3;3-8H,1-2H3;8H,1-5H3;2*1H4. The van der Waals surface area contributed by atoms with Gasteiger partial charge in [-0.05, 0) is 127 Å². The lowest BCUT2D eigenvalue weighted by atomic mass is 9.97. The number of rotatable bonds is 7. The zero-order chi connectivity index (χ0) is 55.5. The smallest absolute Gasteiger partial charge is 0.269 e. The van der Waals surface area contributed by atoms with Crippen LogP contribution in [0.15, 0.2) is 158 Å². The van der Waals surface area contributed by atoms with Crippen LogP contribution in [-0.2, 0) is 0 Å². The number of ether oxygens (including phenoxy) is 1. The molecule has 0 aromatic heterocycles. The fourth-order valence-corrected chi connectivity index (χ4v) is 5.83. The first-order valence-electron chi connectivity index (χ1n) is 25.6. The molecule has 0 fully saturated rings. The number of nitro groups is 1. The third-order valence-corrected chi connectivity index (χ3v) is 10.5. The molecule has 75 heavy (non-hydrogen) atoms. The molecule has 0 bridgehead atoms. The largest absolute Gasteiger partial charge is 0.497 e. The third-order valence-electron chi connectivity index (χ3n) is 10.3. The Labute approximate surface area is 463 Å². The molecule has 0 heterocycles. The molecule has 5 nitrogen and oxygen atoms in total. The molecule has 0 aliphatic heterocycles. The molecular weight excluding hydrogens is 940 g/mol. The van der Waals surface area contributed by atoms with Gasteiger partial charge in [-0.1, -0.05) is 244 Å². The second-order valence-corrected chi connectivity index (χ2v) is 21.0. The summed E-state index contributed by atoms with van der Waals surface area (Å²) in [5, 5.41) is 19.6. The number of nitriles is 1. The van der Waals surface area contributed by atoms with Crippen molar-refractivity contribution in [3.05, 3.63) is 212 Å². The van der Waals surface area contributed by atoms with Crippen LogP contribution in [-0.4, -0.2) is 12.0 Å². The summed E-state index contributed by atoms with van der Waals surface area (Å²) in [6, 6.07) is 53.2. The predicted molar refractivity (Wildman–Crippen MR) is 329 cm³/mol. The summed E-state index contributed by atoms with van der Waals surface area (Å²) >= 11 is 5.72. The maximum Gasteiger partial charge on any atom is 0.269 e. The average molecular weight is 1040 g/mol. The lowest BCUT2D eigenvalue weighted by Crippen LogP contribution is -1.99. The highest BCUT2D eigenvalue weighted by Crippen LogP contribution is 2.20. The van der Waals surface area contributed by atoms with E-state index < -0.39 is 0 Å². The minimum atomic E-state index is -0.385. The van der Waals surface area contributed by atoms with Gasteiger partial charge in [-0.2, -0.15) is 5.26 Å². The molecule has 6 aromatic carbocycles. The molecule has 0 saturated carbocycles. The number of methoxy groups -OCH3 is 1. The summed E-state index contributed by atoms with van der Waals surface area (Å²) in [5.41, 5.74) is 8.66. The van der Waals surface area contributed by atoms with E-state index in [9.17, 15) is 10.1 Å². The van der Waals surface area contributed by atoms with E-state index in [0.29, 0.717) is 41.4 Å². The molecular formula is C69H95ClN2O3. The van der Waals surface area contributed by atoms with Gasteiger partial charge >= 0.3 is 0 Å². The van der Waals surface area contributed by atoms with Crippen molar-refractivity contribution in [2.75, 3.05) is 7.11 Å². The van der Waals surface area contributed by atoms with Gasteiger partial charge in [0.25, 0.3) is 5.69 Å². The van der Waals surface area contributed by atoms with Crippen LogP contribution in [0.5, 0.6) is 5.75 Å². The van der Waals surface area contributed by atoms with Crippen molar-refractivity contribution in [2.24, 2.45) is 17.3 Å². The highest BCUT2D eigenvalue weighted by molar-refractivity contribution is 6.30. The first-order valence-corrected chi connectivity index (χ1v) is 26.0. The maximum atomic E-state index is 10.3. The molecule has 0 unspecified atom stereocenters. The maximum absolute atomic E-state index is 10.3. The van der Waals surface area contributed by atoms with E-state index in [2.05, 4.69) is 196 Å². The number of hydrogen-bond donors (Lipinski definition) is 0. The molecule has 6 heteroatoms. The summed E-state index contributed by atoms with van der Waals surface area (Å²) in [6.07, 6.45) is 0. The van der Waals surface area contributed by atoms with Crippen molar-refractivity contribution in [1.29, 1.82) is 5.26 Å². The van der Waals surface area contributed by atoms with E-state index in [0.717, 1.165) is 27.5 Å². The molecule has 0 spiro atoms. The molecule has 406 valence electrons. The fraction of sp³-hybridized carbons (Fsp3) is 0.406. The zero-order valence-electron chi connectivity index (χ0n) is 47.5. The van der Waals surface area contributed by atoms with E-state index in [1.165, 1.54) is 34.4 Å². The van der Waals surface area contributed by atoms with Crippen molar-refractivity contribution >= 4 is 17.3 Å². The first kappa shape index (κ1) is 72.7. The number of non-ortho nitro benzene ring substituents is 1. The Morgan fingerprint density at radius 1 is 0.480 bits per heavy atom. The van der Waals surface area contributed by atoms with Crippen molar-refractivity contribution < 1.29 is 9.66 Å². The Morgan fingerprint density at radius 2 is 0.813 bits per heavy atom. The van der Waals surface area contributed by atoms with Crippen molar-refractivity contribution in [3.63, 3.8) is 0 Å². The van der Waals surface area contributed by atoms with E-state index >= 15 is 0 Å². The van der Waals surface area contributed by atoms with Gasteiger partial charge in [0.1, 0.15) is 5.75 Å². The van der Waals surface area contributed by atoms with Gasteiger partial charge in [-0.3, -0.25) is 10.1 Å². The van der Waals surface area contributed by atoms with Crippen molar-refractivity contribution in [2.45, 2.75) is 162 Å². The van der Waals surface area contributed by atoms with Gasteiger partial charge in [0.15, 0.2) is 0 Å². The van der Waals surface area contributed by atoms with E-state index in [-0.39, 0.29) is 30.9 Å². The first-order chi connectivity index (χ1) is 34.3. The van der Waals surface area contributed by atoms with Gasteiger partial charge in [-0.15, -0.1) is 0 Å². The van der Waals surface area contributed by atoms with Crippen LogP contribution in [0.4, 0.5) is 5.69 Å². The minimum absolute atomic E-state index is 0.